The van der Waals surface area contributed by atoms with Gasteiger partial charge in [0.15, 0.2) is 17.3 Å². The van der Waals surface area contributed by atoms with Crippen LogP contribution in [0.5, 0.6) is 11.5 Å². The van der Waals surface area contributed by atoms with E-state index < -0.39 is 42.0 Å². The van der Waals surface area contributed by atoms with Gasteiger partial charge in [-0.15, -0.1) is 0 Å². The second kappa shape index (κ2) is 5.52. The molecule has 1 spiro atoms. The Morgan fingerprint density at radius 3 is 2.59 bits per heavy atom. The van der Waals surface area contributed by atoms with Crippen LogP contribution in [0.4, 0.5) is 13.2 Å². The van der Waals surface area contributed by atoms with E-state index >= 15 is 0 Å². The van der Waals surface area contributed by atoms with Gasteiger partial charge in [0.05, 0.1) is 11.5 Å². The molecule has 5 rings (SSSR count). The summed E-state index contributed by atoms with van der Waals surface area (Å²) < 4.78 is 50.8. The number of nitrogens with zero attached hydrogens (tertiary/aromatic N) is 2. The second-order valence-electron chi connectivity index (χ2n) is 7.60. The smallest absolute Gasteiger partial charge is 0.454 e. The van der Waals surface area contributed by atoms with Gasteiger partial charge >= 0.3 is 12.1 Å². The molecule has 3 aliphatic heterocycles. The Hall–Kier alpha value is -3.04. The molecule has 4 aliphatic rings. The molecule has 152 valence electrons. The van der Waals surface area contributed by atoms with Crippen molar-refractivity contribution in [1.82, 2.24) is 9.80 Å². The van der Waals surface area contributed by atoms with Crippen molar-refractivity contribution in [2.24, 2.45) is 0 Å². The maximum atomic E-state index is 13.4. The van der Waals surface area contributed by atoms with Gasteiger partial charge in [0.25, 0.3) is 0 Å². The monoisotopic (exact) mass is 408 g/mol. The molecule has 1 saturated heterocycles. The average Bonchev–Trinajstić information content (AvgIpc) is 3.20. The van der Waals surface area contributed by atoms with Gasteiger partial charge in [0, 0.05) is 20.0 Å². The van der Waals surface area contributed by atoms with Crippen molar-refractivity contribution in [3.05, 3.63) is 35.4 Å². The van der Waals surface area contributed by atoms with Gasteiger partial charge in [0.1, 0.15) is 6.04 Å². The quantitative estimate of drug-likeness (QED) is 0.647. The number of carbonyl (C=O) groups is 3. The van der Waals surface area contributed by atoms with Crippen LogP contribution in [0.2, 0.25) is 0 Å². The lowest BCUT2D eigenvalue weighted by molar-refractivity contribution is -0.190. The molecule has 1 aliphatic carbocycles. The van der Waals surface area contributed by atoms with Gasteiger partial charge in [-0.05, 0) is 29.3 Å². The number of rotatable bonds is 0. The van der Waals surface area contributed by atoms with Crippen molar-refractivity contribution in [3.63, 3.8) is 0 Å². The van der Waals surface area contributed by atoms with E-state index in [0.29, 0.717) is 27.5 Å². The second-order valence-corrected chi connectivity index (χ2v) is 7.60. The van der Waals surface area contributed by atoms with Crippen LogP contribution in [0.25, 0.3) is 0 Å². The molecule has 0 unspecified atom stereocenters. The minimum atomic E-state index is -5.14. The topological polar surface area (TPSA) is 76.2 Å². The maximum Gasteiger partial charge on any atom is 0.471 e. The molecule has 10 heteroatoms. The number of halogens is 3. The summed E-state index contributed by atoms with van der Waals surface area (Å²) in [7, 11) is 1.45. The number of ether oxygens (including phenoxy) is 2. The van der Waals surface area contributed by atoms with E-state index in [1.807, 2.05) is 0 Å². The molecule has 0 radical (unpaired) electrons. The van der Waals surface area contributed by atoms with Crippen molar-refractivity contribution in [2.75, 3.05) is 13.8 Å². The van der Waals surface area contributed by atoms with Crippen LogP contribution >= 0.6 is 0 Å². The number of allylic oxidation sites excluding steroid dienone is 1. The van der Waals surface area contributed by atoms with Crippen molar-refractivity contribution in [1.29, 1.82) is 0 Å². The minimum Gasteiger partial charge on any atom is -0.454 e. The van der Waals surface area contributed by atoms with Crippen molar-refractivity contribution >= 4 is 17.6 Å². The number of fused-ring (bicyclic) bond motifs is 2. The number of alkyl halides is 3. The number of hydrogen-bond donors (Lipinski definition) is 0. The zero-order valence-corrected chi connectivity index (χ0v) is 15.2. The van der Waals surface area contributed by atoms with E-state index in [1.165, 1.54) is 24.1 Å². The number of hydrogen-bond acceptors (Lipinski definition) is 5. The van der Waals surface area contributed by atoms with Crippen LogP contribution in [-0.4, -0.2) is 59.5 Å². The molecule has 2 amide bonds. The summed E-state index contributed by atoms with van der Waals surface area (Å²) in [6.07, 6.45) is -2.42. The molecule has 0 saturated carbocycles. The lowest BCUT2D eigenvalue weighted by Gasteiger charge is -2.47. The molecule has 1 aromatic rings. The summed E-state index contributed by atoms with van der Waals surface area (Å²) in [5.41, 5.74) is -0.283. The molecule has 1 fully saturated rings. The third-order valence-corrected chi connectivity index (χ3v) is 6.21. The highest BCUT2D eigenvalue weighted by Crippen LogP contribution is 2.54. The average molecular weight is 408 g/mol. The van der Waals surface area contributed by atoms with Gasteiger partial charge in [0.2, 0.25) is 12.7 Å². The first-order chi connectivity index (χ1) is 13.6. The highest BCUT2D eigenvalue weighted by atomic mass is 19.4. The van der Waals surface area contributed by atoms with Crippen LogP contribution in [0, 0.1) is 0 Å². The lowest BCUT2D eigenvalue weighted by atomic mass is 9.63. The molecule has 0 N–H and O–H groups in total. The number of carbonyl (C=O) groups excluding carboxylic acids is 3. The fourth-order valence-corrected chi connectivity index (χ4v) is 5.00. The van der Waals surface area contributed by atoms with Crippen LogP contribution in [-0.2, 0) is 26.3 Å². The number of ketones is 1. The van der Waals surface area contributed by atoms with E-state index in [0.717, 1.165) is 0 Å². The number of amides is 2. The maximum absolute atomic E-state index is 13.4. The van der Waals surface area contributed by atoms with Crippen LogP contribution < -0.4 is 9.47 Å². The third kappa shape index (κ3) is 2.22. The Balaban J connectivity index is 1.79. The van der Waals surface area contributed by atoms with Gasteiger partial charge in [-0.2, -0.15) is 13.2 Å². The highest BCUT2D eigenvalue weighted by molar-refractivity contribution is 5.99. The van der Waals surface area contributed by atoms with Gasteiger partial charge in [-0.25, -0.2) is 0 Å². The minimum absolute atomic E-state index is 0.0313. The third-order valence-electron chi connectivity index (χ3n) is 6.21. The van der Waals surface area contributed by atoms with Crippen molar-refractivity contribution in [2.45, 2.75) is 36.6 Å². The fraction of sp³-hybridized carbons (Fsp3) is 0.421. The molecule has 0 aromatic heterocycles. The SMILES string of the molecule is CN1C(=O)[C@H]2N(C(=O)C(F)(F)F)Cc3cc4c(cc3[C@]23C=CC(=O)C[C@H]13)OCO4. The fourth-order valence-electron chi connectivity index (χ4n) is 5.00. The van der Waals surface area contributed by atoms with Crippen LogP contribution in [0.1, 0.15) is 17.5 Å². The van der Waals surface area contributed by atoms with E-state index in [4.69, 9.17) is 9.47 Å². The first-order valence-corrected chi connectivity index (χ1v) is 8.94. The summed E-state index contributed by atoms with van der Waals surface area (Å²) in [6.45, 7) is -0.429. The summed E-state index contributed by atoms with van der Waals surface area (Å²) in [6, 6.07) is 1.09. The van der Waals surface area contributed by atoms with E-state index in [-0.39, 0.29) is 19.0 Å². The zero-order valence-electron chi connectivity index (χ0n) is 15.2. The Morgan fingerprint density at radius 2 is 1.90 bits per heavy atom. The number of likely N-dealkylation sites (tertiary alicyclic amines) is 1. The van der Waals surface area contributed by atoms with Gasteiger partial charge < -0.3 is 19.3 Å². The molecule has 0 bridgehead atoms. The number of benzene rings is 1. The van der Waals surface area contributed by atoms with E-state index in [9.17, 15) is 27.6 Å². The first-order valence-electron chi connectivity index (χ1n) is 8.94. The predicted octanol–water partition coefficient (Wildman–Crippen LogP) is 1.30. The van der Waals surface area contributed by atoms with Gasteiger partial charge in [-0.3, -0.25) is 14.4 Å². The van der Waals surface area contributed by atoms with Crippen LogP contribution in [0.3, 0.4) is 0 Å². The van der Waals surface area contributed by atoms with E-state index in [2.05, 4.69) is 0 Å². The van der Waals surface area contributed by atoms with Gasteiger partial charge in [-0.1, -0.05) is 6.08 Å². The zero-order chi connectivity index (χ0) is 20.7. The normalized spacial score (nSPS) is 29.7. The Morgan fingerprint density at radius 1 is 1.21 bits per heavy atom. The van der Waals surface area contributed by atoms with Crippen molar-refractivity contribution < 1.29 is 37.0 Å². The van der Waals surface area contributed by atoms with Crippen LogP contribution in [0.15, 0.2) is 24.3 Å². The Bertz CT molecular complexity index is 1000. The molecule has 1 aromatic carbocycles. The number of likely N-dealkylation sites (N-methyl/N-ethyl adjacent to an activating group) is 1. The molecule has 29 heavy (non-hydrogen) atoms. The summed E-state index contributed by atoms with van der Waals surface area (Å²) >= 11 is 0. The highest BCUT2D eigenvalue weighted by Gasteiger charge is 2.66. The predicted molar refractivity (Wildman–Crippen MR) is 90.0 cm³/mol. The summed E-state index contributed by atoms with van der Waals surface area (Å²) in [5.74, 6) is -2.17. The molecule has 7 nitrogen and oxygen atoms in total. The molecular weight excluding hydrogens is 393 g/mol. The van der Waals surface area contributed by atoms with Crippen molar-refractivity contribution in [3.8, 4) is 11.5 Å². The molecular formula is C19H15F3N2O5. The van der Waals surface area contributed by atoms with E-state index in [1.54, 1.807) is 12.1 Å². The molecule has 3 atom stereocenters. The largest absolute Gasteiger partial charge is 0.471 e. The molecule has 3 heterocycles. The summed E-state index contributed by atoms with van der Waals surface area (Å²) in [4.78, 5) is 39.3. The Kier molecular flexibility index (Phi) is 3.43. The standard InChI is InChI=1S/C19H15F3N2O5/c1-23-14-5-10(25)2-3-18(14)11-6-13-12(28-8-29-13)4-9(11)7-24(15(18)16(23)26)17(27)19(20,21)22/h2-4,6,14-15H,5,7-8H2,1H3/t14-,15+,18-/m0/s1. The lowest BCUT2D eigenvalue weighted by Crippen LogP contribution is -2.61. The Labute approximate surface area is 162 Å². The first kappa shape index (κ1) is 18.0. The summed E-state index contributed by atoms with van der Waals surface area (Å²) in [5, 5.41) is 0.